The molecule has 0 heterocycles. The fourth-order valence-electron chi connectivity index (χ4n) is 3.72. The van der Waals surface area contributed by atoms with Gasteiger partial charge >= 0.3 is 11.9 Å². The largest absolute Gasteiger partial charge is 0.393 e. The number of ketones is 1. The lowest BCUT2D eigenvalue weighted by Crippen LogP contribution is -2.28. The highest BCUT2D eigenvalue weighted by molar-refractivity contribution is 6.02. The Hall–Kier alpha value is -1.19. The first-order valence-corrected chi connectivity index (χ1v) is 12.8. The van der Waals surface area contributed by atoms with Gasteiger partial charge in [0, 0.05) is 12.8 Å². The van der Waals surface area contributed by atoms with E-state index in [1.807, 2.05) is 0 Å². The van der Waals surface area contributed by atoms with E-state index >= 15 is 0 Å². The summed E-state index contributed by atoms with van der Waals surface area (Å²) in [6, 6.07) is 0. The van der Waals surface area contributed by atoms with Gasteiger partial charge in [-0.05, 0) is 19.3 Å². The molecule has 1 unspecified atom stereocenters. The predicted octanol–water partition coefficient (Wildman–Crippen LogP) is 7.71. The van der Waals surface area contributed by atoms with E-state index in [4.69, 9.17) is 4.74 Å². The molecule has 0 fully saturated rings. The fraction of sp³-hybridized carbons (Fsp3) is 0.885. The molecule has 0 N–H and O–H groups in total. The molecule has 0 aromatic heterocycles. The van der Waals surface area contributed by atoms with Crippen LogP contribution in [0.4, 0.5) is 0 Å². The first kappa shape index (κ1) is 28.8. The topological polar surface area (TPSA) is 60.4 Å². The molecule has 0 radical (unpaired) electrons. The van der Waals surface area contributed by atoms with Gasteiger partial charge in [-0.25, -0.2) is 0 Å². The molecule has 0 aromatic carbocycles. The molecule has 0 bridgehead atoms. The number of hydrogen-bond donors (Lipinski definition) is 0. The van der Waals surface area contributed by atoms with E-state index in [0.29, 0.717) is 12.8 Å². The summed E-state index contributed by atoms with van der Waals surface area (Å²) in [5.74, 6) is -1.89. The number of carbonyl (C=O) groups is 3. The Kier molecular flexibility index (Phi) is 20.2. The Morgan fingerprint density at radius 3 is 1.53 bits per heavy atom. The van der Waals surface area contributed by atoms with Crippen molar-refractivity contribution in [2.75, 3.05) is 0 Å². The lowest BCUT2D eigenvalue weighted by molar-refractivity contribution is -0.164. The van der Waals surface area contributed by atoms with Crippen molar-refractivity contribution in [1.82, 2.24) is 0 Å². The van der Waals surface area contributed by atoms with Crippen molar-refractivity contribution in [2.24, 2.45) is 5.92 Å². The maximum Gasteiger partial charge on any atom is 0.324 e. The Labute approximate surface area is 185 Å². The molecule has 1 atom stereocenters. The van der Waals surface area contributed by atoms with E-state index in [0.717, 1.165) is 70.6 Å². The number of rotatable bonds is 21. The molecule has 4 nitrogen and oxygen atoms in total. The average molecular weight is 425 g/mol. The van der Waals surface area contributed by atoms with Crippen molar-refractivity contribution in [3.05, 3.63) is 0 Å². The molecular formula is C26H48O4. The predicted molar refractivity (Wildman–Crippen MR) is 124 cm³/mol. The first-order valence-electron chi connectivity index (χ1n) is 12.8. The molecule has 0 saturated carbocycles. The van der Waals surface area contributed by atoms with E-state index in [1.54, 1.807) is 0 Å². The molecule has 0 rings (SSSR count). The van der Waals surface area contributed by atoms with Gasteiger partial charge in [0.15, 0.2) is 0 Å². The molecule has 176 valence electrons. The van der Waals surface area contributed by atoms with E-state index in [-0.39, 0.29) is 12.2 Å². The summed E-state index contributed by atoms with van der Waals surface area (Å²) in [7, 11) is 0. The van der Waals surface area contributed by atoms with Crippen LogP contribution in [0.3, 0.4) is 0 Å². The number of carbonyl (C=O) groups excluding carboxylic acids is 3. The second-order valence-corrected chi connectivity index (χ2v) is 8.70. The van der Waals surface area contributed by atoms with Gasteiger partial charge in [0.05, 0.1) is 0 Å². The zero-order valence-electron chi connectivity index (χ0n) is 20.1. The van der Waals surface area contributed by atoms with Gasteiger partial charge in [0.25, 0.3) is 0 Å². The van der Waals surface area contributed by atoms with E-state index in [1.165, 1.54) is 32.1 Å². The molecule has 0 amide bonds. The minimum Gasteiger partial charge on any atom is -0.393 e. The van der Waals surface area contributed by atoms with E-state index in [2.05, 4.69) is 20.8 Å². The quantitative estimate of drug-likeness (QED) is 0.107. The molecule has 30 heavy (non-hydrogen) atoms. The molecule has 0 saturated heterocycles. The van der Waals surface area contributed by atoms with Crippen LogP contribution in [0.1, 0.15) is 143 Å². The smallest absolute Gasteiger partial charge is 0.324 e. The second-order valence-electron chi connectivity index (χ2n) is 8.70. The zero-order valence-corrected chi connectivity index (χ0v) is 20.1. The van der Waals surface area contributed by atoms with Crippen molar-refractivity contribution in [2.45, 2.75) is 143 Å². The van der Waals surface area contributed by atoms with Crippen LogP contribution in [0.2, 0.25) is 0 Å². The summed E-state index contributed by atoms with van der Waals surface area (Å²) in [5.41, 5.74) is 0. The van der Waals surface area contributed by atoms with Crippen molar-refractivity contribution >= 4 is 17.7 Å². The van der Waals surface area contributed by atoms with Gasteiger partial charge in [-0.15, -0.1) is 0 Å². The van der Waals surface area contributed by atoms with Crippen molar-refractivity contribution in [1.29, 1.82) is 0 Å². The Balaban J connectivity index is 4.38. The number of hydrogen-bond acceptors (Lipinski definition) is 4. The van der Waals surface area contributed by atoms with Crippen LogP contribution in [0.15, 0.2) is 0 Å². The SMILES string of the molecule is CCCCCCCCCC(=O)C(CCCCCC)C(=O)OC(=O)CCCCCCC. The Morgan fingerprint density at radius 2 is 1.00 bits per heavy atom. The maximum atomic E-state index is 12.7. The molecule has 0 aromatic rings. The minimum absolute atomic E-state index is 0.0409. The van der Waals surface area contributed by atoms with Crippen molar-refractivity contribution in [3.63, 3.8) is 0 Å². The van der Waals surface area contributed by atoms with Gasteiger partial charge < -0.3 is 4.74 Å². The van der Waals surface area contributed by atoms with Crippen molar-refractivity contribution in [3.8, 4) is 0 Å². The van der Waals surface area contributed by atoms with Gasteiger partial charge in [0.1, 0.15) is 11.7 Å². The summed E-state index contributed by atoms with van der Waals surface area (Å²) in [6.45, 7) is 6.49. The third-order valence-electron chi connectivity index (χ3n) is 5.75. The molecule has 0 spiro atoms. The Bertz CT molecular complexity index is 444. The normalized spacial score (nSPS) is 12.0. The summed E-state index contributed by atoms with van der Waals surface area (Å²) in [5, 5.41) is 0. The summed E-state index contributed by atoms with van der Waals surface area (Å²) >= 11 is 0. The number of ether oxygens (including phenoxy) is 1. The van der Waals surface area contributed by atoms with Crippen LogP contribution in [0, 0.1) is 5.92 Å². The molecular weight excluding hydrogens is 376 g/mol. The van der Waals surface area contributed by atoms with Gasteiger partial charge in [-0.2, -0.15) is 0 Å². The van der Waals surface area contributed by atoms with Gasteiger partial charge in [0.2, 0.25) is 0 Å². The second kappa shape index (κ2) is 21.1. The maximum absolute atomic E-state index is 12.7. The van der Waals surface area contributed by atoms with Gasteiger partial charge in [-0.1, -0.05) is 111 Å². The van der Waals surface area contributed by atoms with Crippen molar-refractivity contribution < 1.29 is 19.1 Å². The minimum atomic E-state index is -0.758. The average Bonchev–Trinajstić information content (AvgIpc) is 2.72. The van der Waals surface area contributed by atoms with Crippen LogP contribution >= 0.6 is 0 Å². The van der Waals surface area contributed by atoms with Crippen LogP contribution in [-0.2, 0) is 19.1 Å². The monoisotopic (exact) mass is 424 g/mol. The van der Waals surface area contributed by atoms with Crippen LogP contribution in [0.25, 0.3) is 0 Å². The number of unbranched alkanes of at least 4 members (excludes halogenated alkanes) is 13. The zero-order chi connectivity index (χ0) is 22.5. The number of Topliss-reactive ketones (excluding diaryl/α,β-unsaturated/α-hetero) is 1. The van der Waals surface area contributed by atoms with Crippen LogP contribution < -0.4 is 0 Å². The summed E-state index contributed by atoms with van der Waals surface area (Å²) in [6.07, 6.45) is 18.4. The first-order chi connectivity index (χ1) is 14.6. The molecule has 0 aliphatic rings. The van der Waals surface area contributed by atoms with Crippen LogP contribution in [0.5, 0.6) is 0 Å². The summed E-state index contributed by atoms with van der Waals surface area (Å²) in [4.78, 5) is 37.2. The third kappa shape index (κ3) is 16.6. The number of esters is 2. The van der Waals surface area contributed by atoms with E-state index in [9.17, 15) is 14.4 Å². The molecule has 0 aliphatic carbocycles. The Morgan fingerprint density at radius 1 is 0.567 bits per heavy atom. The fourth-order valence-corrected chi connectivity index (χ4v) is 3.72. The van der Waals surface area contributed by atoms with E-state index < -0.39 is 17.9 Å². The highest BCUT2D eigenvalue weighted by Crippen LogP contribution is 2.19. The molecule has 4 heteroatoms. The molecule has 0 aliphatic heterocycles. The highest BCUT2D eigenvalue weighted by atomic mass is 16.6. The third-order valence-corrected chi connectivity index (χ3v) is 5.75. The van der Waals surface area contributed by atoms with Gasteiger partial charge in [-0.3, -0.25) is 14.4 Å². The van der Waals surface area contributed by atoms with Crippen LogP contribution in [-0.4, -0.2) is 17.7 Å². The highest BCUT2D eigenvalue weighted by Gasteiger charge is 2.28. The standard InChI is InChI=1S/C26H48O4/c1-4-7-10-13-14-16-18-21-24(27)23(20-17-12-9-6-3)26(29)30-25(28)22-19-15-11-8-5-2/h23H,4-22H2,1-3H3. The summed E-state index contributed by atoms with van der Waals surface area (Å²) < 4.78 is 5.07. The lowest BCUT2D eigenvalue weighted by Gasteiger charge is -2.14. The lowest BCUT2D eigenvalue weighted by atomic mass is 9.93.